The molecule has 0 fully saturated rings. The Morgan fingerprint density at radius 1 is 1.27 bits per heavy atom. The van der Waals surface area contributed by atoms with Gasteiger partial charge < -0.3 is 9.47 Å². The summed E-state index contributed by atoms with van der Waals surface area (Å²) in [5, 5.41) is 13.5. The summed E-state index contributed by atoms with van der Waals surface area (Å²) in [7, 11) is 3.84. The largest absolute Gasteiger partial charge is 0.339 e. The maximum absolute atomic E-state index is 9.18. The Bertz CT molecular complexity index is 1140. The van der Waals surface area contributed by atoms with Crippen LogP contribution < -0.4 is 5.32 Å². The van der Waals surface area contributed by atoms with Crippen molar-refractivity contribution in [2.24, 2.45) is 12.0 Å². The van der Waals surface area contributed by atoms with Gasteiger partial charge in [-0.2, -0.15) is 5.26 Å². The maximum Gasteiger partial charge on any atom is 0.212 e. The van der Waals surface area contributed by atoms with Crippen molar-refractivity contribution in [2.75, 3.05) is 7.05 Å². The number of rotatable bonds is 4. The summed E-state index contributed by atoms with van der Waals surface area (Å²) >= 11 is 11.9. The molecule has 0 aliphatic heterocycles. The van der Waals surface area contributed by atoms with Crippen LogP contribution in [-0.2, 0) is 13.6 Å². The van der Waals surface area contributed by atoms with Crippen molar-refractivity contribution in [3.8, 4) is 6.19 Å². The number of aryl methyl sites for hydroxylation is 2. The molecule has 0 amide bonds. The van der Waals surface area contributed by atoms with Gasteiger partial charge in [0.2, 0.25) is 5.96 Å². The first-order valence-corrected chi connectivity index (χ1v) is 10.2. The molecule has 0 unspecified atom stereocenters. The van der Waals surface area contributed by atoms with Gasteiger partial charge in [-0.05, 0) is 30.0 Å². The molecule has 156 valence electrons. The molecule has 3 rings (SSSR count). The fourth-order valence-corrected chi connectivity index (χ4v) is 3.88. The van der Waals surface area contributed by atoms with Gasteiger partial charge in [0, 0.05) is 37.8 Å². The minimum atomic E-state index is 0.230. The van der Waals surface area contributed by atoms with E-state index in [1.807, 2.05) is 29.8 Å². The molecule has 30 heavy (non-hydrogen) atoms. The second-order valence-electron chi connectivity index (χ2n) is 7.48. The van der Waals surface area contributed by atoms with E-state index in [-0.39, 0.29) is 10.3 Å². The van der Waals surface area contributed by atoms with Crippen LogP contribution in [0.1, 0.15) is 36.6 Å². The van der Waals surface area contributed by atoms with E-state index in [4.69, 9.17) is 28.2 Å². The van der Waals surface area contributed by atoms with Crippen LogP contribution in [0.2, 0.25) is 10.3 Å². The molecular formula is C21H23Cl2N7. The topological polar surface area (TPSA) is 82.1 Å². The van der Waals surface area contributed by atoms with E-state index < -0.39 is 0 Å². The fourth-order valence-electron chi connectivity index (χ4n) is 3.43. The van der Waals surface area contributed by atoms with Gasteiger partial charge in [0.15, 0.2) is 6.19 Å². The van der Waals surface area contributed by atoms with Gasteiger partial charge in [-0.3, -0.25) is 5.32 Å². The molecule has 0 aliphatic rings. The highest BCUT2D eigenvalue weighted by atomic mass is 35.5. The van der Waals surface area contributed by atoms with Crippen LogP contribution in [0.25, 0.3) is 11.0 Å². The Kier molecular flexibility index (Phi) is 6.49. The third kappa shape index (κ3) is 4.66. The van der Waals surface area contributed by atoms with Crippen molar-refractivity contribution < 1.29 is 0 Å². The molecular weight excluding hydrogens is 421 g/mol. The lowest BCUT2D eigenvalue weighted by molar-refractivity contribution is 0.480. The Balaban J connectivity index is 1.99. The quantitative estimate of drug-likeness (QED) is 0.204. The maximum atomic E-state index is 9.18. The lowest BCUT2D eigenvalue weighted by Crippen LogP contribution is -2.36. The zero-order chi connectivity index (χ0) is 22.0. The summed E-state index contributed by atoms with van der Waals surface area (Å²) in [4.78, 5) is 15.1. The number of aromatic nitrogens is 3. The van der Waals surface area contributed by atoms with E-state index in [1.165, 1.54) is 16.5 Å². The van der Waals surface area contributed by atoms with Gasteiger partial charge in [0.05, 0.1) is 17.9 Å². The smallest absolute Gasteiger partial charge is 0.212 e. The van der Waals surface area contributed by atoms with E-state index in [0.717, 1.165) is 11.3 Å². The third-order valence-corrected chi connectivity index (χ3v) is 5.12. The summed E-state index contributed by atoms with van der Waals surface area (Å²) in [5.41, 5.74) is 4.79. The van der Waals surface area contributed by atoms with Crippen LogP contribution in [0.3, 0.4) is 0 Å². The van der Waals surface area contributed by atoms with Crippen molar-refractivity contribution in [1.29, 1.82) is 5.26 Å². The average Bonchev–Trinajstić information content (AvgIpc) is 2.93. The van der Waals surface area contributed by atoms with E-state index in [2.05, 4.69) is 48.3 Å². The zero-order valence-corrected chi connectivity index (χ0v) is 19.0. The van der Waals surface area contributed by atoms with E-state index >= 15 is 0 Å². The minimum absolute atomic E-state index is 0.230. The zero-order valence-electron chi connectivity index (χ0n) is 17.5. The lowest BCUT2D eigenvalue weighted by Gasteiger charge is -2.20. The first-order chi connectivity index (χ1) is 14.2. The van der Waals surface area contributed by atoms with Crippen molar-refractivity contribution in [2.45, 2.75) is 33.2 Å². The highest BCUT2D eigenvalue weighted by Gasteiger charge is 2.16. The van der Waals surface area contributed by atoms with Crippen LogP contribution in [-0.4, -0.2) is 32.4 Å². The molecule has 9 heteroatoms. The SMILES string of the molecule is Cc1cn(C)c2nc(CN(C)C(=Nc3cc(Cl)nc(Cl)c3)NC#N)cc(C(C)C)c12. The normalized spacial score (nSPS) is 11.8. The number of hydrogen-bond donors (Lipinski definition) is 1. The van der Waals surface area contributed by atoms with Crippen molar-refractivity contribution in [3.63, 3.8) is 0 Å². The number of halogens is 2. The molecule has 0 saturated carbocycles. The van der Waals surface area contributed by atoms with E-state index in [0.29, 0.717) is 24.1 Å². The summed E-state index contributed by atoms with van der Waals surface area (Å²) < 4.78 is 2.05. The molecule has 7 nitrogen and oxygen atoms in total. The number of fused-ring (bicyclic) bond motifs is 1. The van der Waals surface area contributed by atoms with Gasteiger partial charge in [-0.25, -0.2) is 15.0 Å². The molecule has 0 saturated heterocycles. The summed E-state index contributed by atoms with van der Waals surface area (Å²) in [6.07, 6.45) is 4.02. The number of nitrogens with zero attached hydrogens (tertiary/aromatic N) is 6. The van der Waals surface area contributed by atoms with Gasteiger partial charge >= 0.3 is 0 Å². The molecule has 0 aromatic carbocycles. The number of guanidine groups is 1. The van der Waals surface area contributed by atoms with Gasteiger partial charge in [0.25, 0.3) is 0 Å². The number of nitrogens with one attached hydrogen (secondary N) is 1. The summed E-state index contributed by atoms with van der Waals surface area (Å²) in [6.45, 7) is 6.92. The second-order valence-corrected chi connectivity index (χ2v) is 8.25. The first-order valence-electron chi connectivity index (χ1n) is 9.43. The Morgan fingerprint density at radius 2 is 1.93 bits per heavy atom. The Morgan fingerprint density at radius 3 is 2.53 bits per heavy atom. The molecule has 3 aromatic heterocycles. The number of pyridine rings is 2. The fraction of sp³-hybridized carbons (Fsp3) is 0.333. The van der Waals surface area contributed by atoms with Gasteiger partial charge in [-0.1, -0.05) is 37.0 Å². The van der Waals surface area contributed by atoms with Crippen molar-refractivity contribution in [3.05, 3.63) is 51.5 Å². The molecule has 0 bridgehead atoms. The predicted molar refractivity (Wildman–Crippen MR) is 121 cm³/mol. The van der Waals surface area contributed by atoms with E-state index in [1.54, 1.807) is 12.1 Å². The van der Waals surface area contributed by atoms with Crippen LogP contribution in [0.5, 0.6) is 0 Å². The second kappa shape index (κ2) is 8.90. The van der Waals surface area contributed by atoms with E-state index in [9.17, 15) is 5.26 Å². The Labute approximate surface area is 186 Å². The number of hydrogen-bond acceptors (Lipinski definition) is 4. The van der Waals surface area contributed by atoms with Crippen LogP contribution >= 0.6 is 23.2 Å². The summed E-state index contributed by atoms with van der Waals surface area (Å²) in [6, 6.07) is 5.28. The van der Waals surface area contributed by atoms with Gasteiger partial charge in [-0.15, -0.1) is 0 Å². The molecule has 0 radical (unpaired) electrons. The molecule has 0 spiro atoms. The predicted octanol–water partition coefficient (Wildman–Crippen LogP) is 4.90. The minimum Gasteiger partial charge on any atom is -0.339 e. The lowest BCUT2D eigenvalue weighted by atomic mass is 9.98. The van der Waals surface area contributed by atoms with Crippen LogP contribution in [0.4, 0.5) is 5.69 Å². The molecule has 0 aliphatic carbocycles. The highest BCUT2D eigenvalue weighted by Crippen LogP contribution is 2.29. The third-order valence-electron chi connectivity index (χ3n) is 4.73. The number of nitriles is 1. The van der Waals surface area contributed by atoms with Crippen molar-refractivity contribution >= 4 is 45.9 Å². The molecule has 3 aromatic rings. The van der Waals surface area contributed by atoms with Gasteiger partial charge in [0.1, 0.15) is 16.0 Å². The van der Waals surface area contributed by atoms with Crippen LogP contribution in [0.15, 0.2) is 29.4 Å². The average molecular weight is 444 g/mol. The first kappa shape index (κ1) is 21.9. The molecule has 3 heterocycles. The number of aliphatic imine (C=N–C) groups is 1. The monoisotopic (exact) mass is 443 g/mol. The summed E-state index contributed by atoms with van der Waals surface area (Å²) in [5.74, 6) is 0.707. The highest BCUT2D eigenvalue weighted by molar-refractivity contribution is 6.32. The molecule has 0 atom stereocenters. The standard InChI is InChI=1S/C21H23Cl2N7/c1-12(2)16-6-15(26-20-19(16)13(3)9-29(20)4)10-30(5)21(25-11-24)27-14-7-17(22)28-18(23)8-14/h6-9,12H,10H2,1-5H3,(H,25,27,28). The van der Waals surface area contributed by atoms with Crippen LogP contribution in [0, 0.1) is 18.4 Å². The van der Waals surface area contributed by atoms with Crippen molar-refractivity contribution in [1.82, 2.24) is 24.8 Å². The molecule has 1 N–H and O–H groups in total. The Hall–Kier alpha value is -2.82.